The van der Waals surface area contributed by atoms with Gasteiger partial charge in [-0.05, 0) is 65.0 Å². The van der Waals surface area contributed by atoms with E-state index in [0.717, 1.165) is 5.69 Å². The van der Waals surface area contributed by atoms with Crippen LogP contribution in [-0.2, 0) is 0 Å². The molecule has 2 aromatic carbocycles. The molecule has 0 bridgehead atoms. The van der Waals surface area contributed by atoms with Crippen LogP contribution in [0, 0.1) is 0 Å². The van der Waals surface area contributed by atoms with Gasteiger partial charge in [0.2, 0.25) is 0 Å². The van der Waals surface area contributed by atoms with E-state index in [-0.39, 0.29) is 23.4 Å². The minimum atomic E-state index is -0.340. The Balaban J connectivity index is 1.84. The Morgan fingerprint density at radius 1 is 0.944 bits per heavy atom. The largest absolute Gasteiger partial charge is 0.367 e. The monoisotopic (exact) mass is 513 g/mol. The Labute approximate surface area is 218 Å². The van der Waals surface area contributed by atoms with E-state index in [2.05, 4.69) is 15.5 Å². The number of urea groups is 1. The Morgan fingerprint density at radius 3 is 2.17 bits per heavy atom. The molecule has 1 fully saturated rings. The van der Waals surface area contributed by atoms with Gasteiger partial charge in [-0.2, -0.15) is 0 Å². The summed E-state index contributed by atoms with van der Waals surface area (Å²) in [6.45, 7) is 13.2. The smallest absolute Gasteiger partial charge is 0.317 e. The van der Waals surface area contributed by atoms with Gasteiger partial charge in [-0.15, -0.1) is 0 Å². The molecule has 9 heteroatoms. The minimum Gasteiger partial charge on any atom is -0.367 e. The second-order valence-electron chi connectivity index (χ2n) is 9.80. The number of benzene rings is 2. The SMILES string of the molecule is CCN(CC)C(=O)c1cc(NC(=O)c2ccccc2Cl)ccc1N1CCN(C(=O)NC(C)(C)C)CC1. The van der Waals surface area contributed by atoms with Crippen LogP contribution in [-0.4, -0.2) is 72.5 Å². The molecule has 0 aromatic heterocycles. The van der Waals surface area contributed by atoms with Crippen LogP contribution >= 0.6 is 11.6 Å². The van der Waals surface area contributed by atoms with Crippen LogP contribution in [0.5, 0.6) is 0 Å². The lowest BCUT2D eigenvalue weighted by Crippen LogP contribution is -2.55. The zero-order valence-corrected chi connectivity index (χ0v) is 22.5. The molecule has 1 saturated heterocycles. The van der Waals surface area contributed by atoms with Gasteiger partial charge in [0.15, 0.2) is 0 Å². The van der Waals surface area contributed by atoms with E-state index in [1.54, 1.807) is 46.2 Å². The lowest BCUT2D eigenvalue weighted by molar-refractivity contribution is 0.0773. The Hall–Kier alpha value is -3.26. The number of nitrogens with zero attached hydrogens (tertiary/aromatic N) is 3. The van der Waals surface area contributed by atoms with E-state index in [9.17, 15) is 14.4 Å². The Morgan fingerprint density at radius 2 is 1.58 bits per heavy atom. The van der Waals surface area contributed by atoms with Crippen molar-refractivity contribution in [2.24, 2.45) is 0 Å². The van der Waals surface area contributed by atoms with Gasteiger partial charge in [-0.25, -0.2) is 4.79 Å². The quantitative estimate of drug-likeness (QED) is 0.586. The third-order valence-electron chi connectivity index (χ3n) is 6.04. The fraction of sp³-hybridized carbons (Fsp3) is 0.444. The molecule has 0 saturated carbocycles. The lowest BCUT2D eigenvalue weighted by Gasteiger charge is -2.38. The standard InChI is InChI=1S/C27H36ClN5O3/c1-6-31(7-2)25(35)21-18-19(29-24(34)20-10-8-9-11-22(20)28)12-13-23(21)32-14-16-33(17-15-32)26(36)30-27(3,4)5/h8-13,18H,6-7,14-17H2,1-5H3,(H,29,34)(H,30,36). The molecule has 8 nitrogen and oxygen atoms in total. The molecule has 1 aliphatic rings. The normalized spacial score (nSPS) is 13.8. The Kier molecular flexibility index (Phi) is 8.84. The molecule has 0 unspecified atom stereocenters. The van der Waals surface area contributed by atoms with E-state index in [1.165, 1.54) is 0 Å². The van der Waals surface area contributed by atoms with E-state index in [4.69, 9.17) is 11.6 Å². The maximum Gasteiger partial charge on any atom is 0.317 e. The molecular weight excluding hydrogens is 478 g/mol. The molecule has 194 valence electrons. The number of anilines is 2. The second kappa shape index (κ2) is 11.6. The van der Waals surface area contributed by atoms with Crippen molar-refractivity contribution in [1.29, 1.82) is 0 Å². The number of carbonyl (C=O) groups is 3. The van der Waals surface area contributed by atoms with Crippen molar-refractivity contribution < 1.29 is 14.4 Å². The summed E-state index contributed by atoms with van der Waals surface area (Å²) in [6, 6.07) is 12.1. The third kappa shape index (κ3) is 6.69. The molecule has 2 aromatic rings. The van der Waals surface area contributed by atoms with Crippen molar-refractivity contribution in [1.82, 2.24) is 15.1 Å². The van der Waals surface area contributed by atoms with Crippen LogP contribution < -0.4 is 15.5 Å². The number of rotatable bonds is 6. The van der Waals surface area contributed by atoms with Crippen molar-refractivity contribution in [3.8, 4) is 0 Å². The lowest BCUT2D eigenvalue weighted by atomic mass is 10.1. The van der Waals surface area contributed by atoms with E-state index < -0.39 is 0 Å². The van der Waals surface area contributed by atoms with Gasteiger partial charge < -0.3 is 25.3 Å². The van der Waals surface area contributed by atoms with E-state index >= 15 is 0 Å². The van der Waals surface area contributed by atoms with E-state index in [0.29, 0.717) is 61.1 Å². The number of hydrogen-bond acceptors (Lipinski definition) is 4. The number of hydrogen-bond donors (Lipinski definition) is 2. The number of piperazine rings is 1. The number of carbonyl (C=O) groups excluding carboxylic acids is 3. The van der Waals surface area contributed by atoms with Crippen molar-refractivity contribution >= 4 is 40.8 Å². The highest BCUT2D eigenvalue weighted by atomic mass is 35.5. The summed E-state index contributed by atoms with van der Waals surface area (Å²) in [6.07, 6.45) is 0. The first-order chi connectivity index (χ1) is 17.0. The Bertz CT molecular complexity index is 1100. The summed E-state index contributed by atoms with van der Waals surface area (Å²) in [5.74, 6) is -0.440. The van der Waals surface area contributed by atoms with Crippen LogP contribution in [0.1, 0.15) is 55.3 Å². The zero-order valence-electron chi connectivity index (χ0n) is 21.7. The maximum atomic E-state index is 13.5. The first-order valence-corrected chi connectivity index (χ1v) is 12.7. The first-order valence-electron chi connectivity index (χ1n) is 12.3. The minimum absolute atomic E-state index is 0.0841. The molecule has 0 radical (unpaired) electrons. The average Bonchev–Trinajstić information content (AvgIpc) is 2.84. The molecule has 0 spiro atoms. The highest BCUT2D eigenvalue weighted by Gasteiger charge is 2.27. The van der Waals surface area contributed by atoms with Crippen LogP contribution in [0.4, 0.5) is 16.2 Å². The number of amides is 4. The molecular formula is C27H36ClN5O3. The molecule has 1 heterocycles. The van der Waals surface area contributed by atoms with Crippen molar-refractivity contribution in [3.05, 3.63) is 58.6 Å². The van der Waals surface area contributed by atoms with Crippen LogP contribution in [0.25, 0.3) is 0 Å². The predicted octanol–water partition coefficient (Wildman–Crippen LogP) is 4.70. The highest BCUT2D eigenvalue weighted by Crippen LogP contribution is 2.28. The molecule has 4 amide bonds. The average molecular weight is 514 g/mol. The summed E-state index contributed by atoms with van der Waals surface area (Å²) >= 11 is 6.18. The van der Waals surface area contributed by atoms with Gasteiger partial charge in [0, 0.05) is 56.2 Å². The van der Waals surface area contributed by atoms with Gasteiger partial charge in [0.1, 0.15) is 0 Å². The summed E-state index contributed by atoms with van der Waals surface area (Å²) in [4.78, 5) is 44.5. The maximum absolute atomic E-state index is 13.5. The molecule has 0 atom stereocenters. The molecule has 1 aliphatic heterocycles. The third-order valence-corrected chi connectivity index (χ3v) is 6.37. The number of halogens is 1. The summed E-state index contributed by atoms with van der Waals surface area (Å²) < 4.78 is 0. The molecule has 2 N–H and O–H groups in total. The number of nitrogens with one attached hydrogen (secondary N) is 2. The second-order valence-corrected chi connectivity index (χ2v) is 10.2. The van der Waals surface area contributed by atoms with Gasteiger partial charge >= 0.3 is 6.03 Å². The van der Waals surface area contributed by atoms with Crippen LogP contribution in [0.15, 0.2) is 42.5 Å². The highest BCUT2D eigenvalue weighted by molar-refractivity contribution is 6.34. The van der Waals surface area contributed by atoms with Crippen molar-refractivity contribution in [2.45, 2.75) is 40.2 Å². The van der Waals surface area contributed by atoms with Crippen molar-refractivity contribution in [2.75, 3.05) is 49.5 Å². The van der Waals surface area contributed by atoms with Crippen LogP contribution in [0.3, 0.4) is 0 Å². The van der Waals surface area contributed by atoms with Crippen LogP contribution in [0.2, 0.25) is 5.02 Å². The molecule has 36 heavy (non-hydrogen) atoms. The topological polar surface area (TPSA) is 85.0 Å². The fourth-order valence-electron chi connectivity index (χ4n) is 4.14. The van der Waals surface area contributed by atoms with E-state index in [1.807, 2.05) is 40.7 Å². The summed E-state index contributed by atoms with van der Waals surface area (Å²) in [5, 5.41) is 6.23. The van der Waals surface area contributed by atoms with Gasteiger partial charge in [-0.3, -0.25) is 9.59 Å². The van der Waals surface area contributed by atoms with Crippen molar-refractivity contribution in [3.63, 3.8) is 0 Å². The summed E-state index contributed by atoms with van der Waals surface area (Å²) in [7, 11) is 0. The van der Waals surface area contributed by atoms with Gasteiger partial charge in [0.25, 0.3) is 11.8 Å². The fourth-order valence-corrected chi connectivity index (χ4v) is 4.36. The molecule has 3 rings (SSSR count). The molecule has 0 aliphatic carbocycles. The summed E-state index contributed by atoms with van der Waals surface area (Å²) in [5.41, 5.74) is 1.88. The van der Waals surface area contributed by atoms with Gasteiger partial charge in [0.05, 0.1) is 16.1 Å². The van der Waals surface area contributed by atoms with Gasteiger partial charge in [-0.1, -0.05) is 23.7 Å². The zero-order chi connectivity index (χ0) is 26.5. The first kappa shape index (κ1) is 27.3. The predicted molar refractivity (Wildman–Crippen MR) is 145 cm³/mol.